The average molecular weight is 489 g/mol. The third-order valence-electron chi connectivity index (χ3n) is 5.70. The highest BCUT2D eigenvalue weighted by Gasteiger charge is 2.32. The van der Waals surface area contributed by atoms with E-state index >= 15 is 0 Å². The highest BCUT2D eigenvalue weighted by Crippen LogP contribution is 2.34. The summed E-state index contributed by atoms with van der Waals surface area (Å²) in [6.45, 7) is 4.03. The number of likely N-dealkylation sites (tertiary alicyclic amines) is 1. The lowest BCUT2D eigenvalue weighted by molar-refractivity contribution is 0.146. The second kappa shape index (κ2) is 11.3. The first-order valence-corrected chi connectivity index (χ1v) is 10.1. The molecule has 1 aromatic rings. The van der Waals surface area contributed by atoms with E-state index in [2.05, 4.69) is 45.6 Å². The molecule has 7 heteroatoms. The van der Waals surface area contributed by atoms with E-state index in [4.69, 9.17) is 4.42 Å². The monoisotopic (exact) mass is 489 g/mol. The number of hydrogen-bond donors (Lipinski definition) is 2. The Morgan fingerprint density at radius 3 is 2.48 bits per heavy atom. The van der Waals surface area contributed by atoms with Gasteiger partial charge >= 0.3 is 0 Å². The van der Waals surface area contributed by atoms with E-state index in [1.807, 2.05) is 13.1 Å². The zero-order chi connectivity index (χ0) is 18.4. The molecule has 2 fully saturated rings. The molecule has 2 atom stereocenters. The molecule has 0 radical (unpaired) electrons. The van der Waals surface area contributed by atoms with Crippen LogP contribution < -0.4 is 10.6 Å². The molecule has 0 bridgehead atoms. The van der Waals surface area contributed by atoms with Crippen LogP contribution in [0.2, 0.25) is 0 Å². The van der Waals surface area contributed by atoms with E-state index in [-0.39, 0.29) is 30.0 Å². The number of guanidine groups is 1. The molecule has 0 aromatic carbocycles. The first-order valence-electron chi connectivity index (χ1n) is 10.1. The third-order valence-corrected chi connectivity index (χ3v) is 5.70. The highest BCUT2D eigenvalue weighted by atomic mass is 127. The summed E-state index contributed by atoms with van der Waals surface area (Å²) < 4.78 is 5.74. The zero-order valence-electron chi connectivity index (χ0n) is 17.0. The van der Waals surface area contributed by atoms with Gasteiger partial charge in [-0.3, -0.25) is 9.89 Å². The lowest BCUT2D eigenvalue weighted by Crippen LogP contribution is -2.48. The van der Waals surface area contributed by atoms with Crippen molar-refractivity contribution in [3.05, 3.63) is 24.2 Å². The number of piperidine rings is 1. The lowest BCUT2D eigenvalue weighted by atomic mass is 10.1. The first-order chi connectivity index (χ1) is 12.7. The maximum absolute atomic E-state index is 5.74. The van der Waals surface area contributed by atoms with Gasteiger partial charge in [-0.25, -0.2) is 0 Å². The van der Waals surface area contributed by atoms with Gasteiger partial charge < -0.3 is 20.0 Å². The van der Waals surface area contributed by atoms with Crippen molar-refractivity contribution in [2.45, 2.75) is 44.2 Å². The van der Waals surface area contributed by atoms with Gasteiger partial charge in [-0.05, 0) is 70.9 Å². The molecule has 1 saturated carbocycles. The Morgan fingerprint density at radius 1 is 1.22 bits per heavy atom. The van der Waals surface area contributed by atoms with Crippen LogP contribution >= 0.6 is 24.0 Å². The van der Waals surface area contributed by atoms with Crippen molar-refractivity contribution in [2.75, 3.05) is 47.3 Å². The quantitative estimate of drug-likeness (QED) is 0.334. The van der Waals surface area contributed by atoms with Crippen molar-refractivity contribution < 1.29 is 4.42 Å². The summed E-state index contributed by atoms with van der Waals surface area (Å²) in [6, 6.07) is 4.91. The molecular formula is C20H36IN5O. The zero-order valence-corrected chi connectivity index (χ0v) is 19.3. The summed E-state index contributed by atoms with van der Waals surface area (Å²) in [4.78, 5) is 9.29. The van der Waals surface area contributed by atoms with E-state index in [0.29, 0.717) is 6.04 Å². The minimum absolute atomic E-state index is 0. The molecule has 0 amide bonds. The SMILES string of the molecule is CN=C(NCC(C1CC1)N(C)C)NCC(c1ccco1)N1CCCCC1.I. The van der Waals surface area contributed by atoms with Crippen LogP contribution in [0.5, 0.6) is 0 Å². The van der Waals surface area contributed by atoms with Crippen molar-refractivity contribution in [1.82, 2.24) is 20.4 Å². The van der Waals surface area contributed by atoms with Crippen molar-refractivity contribution in [3.63, 3.8) is 0 Å². The molecular weight excluding hydrogens is 453 g/mol. The number of halogens is 1. The van der Waals surface area contributed by atoms with Crippen LogP contribution in [0.3, 0.4) is 0 Å². The van der Waals surface area contributed by atoms with Crippen molar-refractivity contribution in [3.8, 4) is 0 Å². The van der Waals surface area contributed by atoms with E-state index in [9.17, 15) is 0 Å². The largest absolute Gasteiger partial charge is 0.468 e. The minimum atomic E-state index is 0. The number of aliphatic imine (C=N–C) groups is 1. The molecule has 1 aliphatic heterocycles. The topological polar surface area (TPSA) is 56.0 Å². The third kappa shape index (κ3) is 6.64. The number of hydrogen-bond acceptors (Lipinski definition) is 4. The Kier molecular flexibility index (Phi) is 9.38. The summed E-state index contributed by atoms with van der Waals surface area (Å²) in [5.74, 6) is 2.75. The summed E-state index contributed by atoms with van der Waals surface area (Å²) in [6.07, 6.45) is 8.37. The number of nitrogens with one attached hydrogen (secondary N) is 2. The summed E-state index contributed by atoms with van der Waals surface area (Å²) in [5.41, 5.74) is 0. The second-order valence-corrected chi connectivity index (χ2v) is 7.83. The second-order valence-electron chi connectivity index (χ2n) is 7.83. The van der Waals surface area contributed by atoms with Gasteiger partial charge in [0, 0.05) is 26.2 Å². The molecule has 2 N–H and O–H groups in total. The van der Waals surface area contributed by atoms with Crippen LogP contribution in [0, 0.1) is 5.92 Å². The first kappa shape index (κ1) is 22.5. The molecule has 3 rings (SSSR count). The number of nitrogens with zero attached hydrogens (tertiary/aromatic N) is 3. The molecule has 27 heavy (non-hydrogen) atoms. The number of likely N-dealkylation sites (N-methyl/N-ethyl adjacent to an activating group) is 1. The van der Waals surface area contributed by atoms with Gasteiger partial charge in [-0.15, -0.1) is 24.0 Å². The molecule has 2 unspecified atom stereocenters. The molecule has 1 saturated heterocycles. The number of furan rings is 1. The molecule has 1 aromatic heterocycles. The smallest absolute Gasteiger partial charge is 0.191 e. The van der Waals surface area contributed by atoms with Crippen molar-refractivity contribution >= 4 is 29.9 Å². The fraction of sp³-hybridized carbons (Fsp3) is 0.750. The molecule has 2 heterocycles. The summed E-state index contributed by atoms with van der Waals surface area (Å²) in [7, 11) is 6.19. The van der Waals surface area contributed by atoms with E-state index < -0.39 is 0 Å². The van der Waals surface area contributed by atoms with Gasteiger partial charge in [0.05, 0.1) is 12.3 Å². The fourth-order valence-corrected chi connectivity index (χ4v) is 3.99. The van der Waals surface area contributed by atoms with Crippen LogP contribution in [0.1, 0.15) is 43.9 Å². The molecule has 0 spiro atoms. The van der Waals surface area contributed by atoms with E-state index in [1.165, 1.54) is 32.1 Å². The predicted molar refractivity (Wildman–Crippen MR) is 122 cm³/mol. The van der Waals surface area contributed by atoms with Gasteiger partial charge in [-0.2, -0.15) is 0 Å². The predicted octanol–water partition coefficient (Wildman–Crippen LogP) is 2.93. The molecule has 2 aliphatic rings. The Balaban J connectivity index is 0.00000261. The number of rotatable bonds is 8. The van der Waals surface area contributed by atoms with Crippen LogP contribution in [0.15, 0.2) is 27.8 Å². The van der Waals surface area contributed by atoms with Crippen LogP contribution in [0.4, 0.5) is 0 Å². The normalized spacial score (nSPS) is 20.8. The van der Waals surface area contributed by atoms with Crippen molar-refractivity contribution in [2.24, 2.45) is 10.9 Å². The highest BCUT2D eigenvalue weighted by molar-refractivity contribution is 14.0. The Hall–Kier alpha value is -0.800. The van der Waals surface area contributed by atoms with E-state index in [0.717, 1.165) is 43.8 Å². The Bertz CT molecular complexity index is 551. The molecule has 154 valence electrons. The van der Waals surface area contributed by atoms with Gasteiger partial charge in [0.15, 0.2) is 5.96 Å². The van der Waals surface area contributed by atoms with Gasteiger partial charge in [-0.1, -0.05) is 6.42 Å². The molecule has 6 nitrogen and oxygen atoms in total. The average Bonchev–Trinajstić information content (AvgIpc) is 3.34. The van der Waals surface area contributed by atoms with Crippen molar-refractivity contribution in [1.29, 1.82) is 0 Å². The van der Waals surface area contributed by atoms with Gasteiger partial charge in [0.2, 0.25) is 0 Å². The Morgan fingerprint density at radius 2 is 1.93 bits per heavy atom. The van der Waals surface area contributed by atoms with E-state index in [1.54, 1.807) is 6.26 Å². The maximum atomic E-state index is 5.74. The standard InChI is InChI=1S/C20H35N5O.HI/c1-21-20(22-14-17(24(2)3)16-9-10-16)23-15-18(19-8-7-13-26-19)25-11-5-4-6-12-25;/h7-8,13,16-18H,4-6,9-12,14-15H2,1-3H3,(H2,21,22,23);1H. The van der Waals surface area contributed by atoms with Gasteiger partial charge in [0.25, 0.3) is 0 Å². The summed E-state index contributed by atoms with van der Waals surface area (Å²) in [5, 5.41) is 7.05. The Labute approximate surface area is 181 Å². The minimum Gasteiger partial charge on any atom is -0.468 e. The maximum Gasteiger partial charge on any atom is 0.191 e. The fourth-order valence-electron chi connectivity index (χ4n) is 3.99. The van der Waals surface area contributed by atoms with Crippen LogP contribution in [-0.4, -0.2) is 69.1 Å². The summed E-state index contributed by atoms with van der Waals surface area (Å²) >= 11 is 0. The van der Waals surface area contributed by atoms with Crippen LogP contribution in [0.25, 0.3) is 0 Å². The molecule has 1 aliphatic carbocycles. The van der Waals surface area contributed by atoms with Gasteiger partial charge in [0.1, 0.15) is 5.76 Å². The van der Waals surface area contributed by atoms with Crippen LogP contribution in [-0.2, 0) is 0 Å². The lowest BCUT2D eigenvalue weighted by Gasteiger charge is -2.34.